The molecular weight excluding hydrogens is 388 g/mol. The molecule has 5 nitrogen and oxygen atoms in total. The summed E-state index contributed by atoms with van der Waals surface area (Å²) in [4.78, 5) is 30.1. The molecule has 1 heterocycles. The molecule has 1 saturated carbocycles. The fourth-order valence-electron chi connectivity index (χ4n) is 5.17. The minimum absolute atomic E-state index is 0.0410. The molecule has 2 aromatic rings. The number of carbonyl (C=O) groups excluding carboxylic acids is 2. The maximum absolute atomic E-state index is 13.2. The average Bonchev–Trinajstić information content (AvgIpc) is 2.69. The summed E-state index contributed by atoms with van der Waals surface area (Å²) in [6, 6.07) is 11.8. The molecule has 0 aliphatic heterocycles. The highest BCUT2D eigenvalue weighted by Crippen LogP contribution is 2.47. The van der Waals surface area contributed by atoms with E-state index in [4.69, 9.17) is 0 Å². The molecule has 1 aliphatic rings. The summed E-state index contributed by atoms with van der Waals surface area (Å²) in [5, 5.41) is 13.2. The molecule has 2 unspecified atom stereocenters. The van der Waals surface area contributed by atoms with Crippen LogP contribution in [-0.4, -0.2) is 27.8 Å². The maximum Gasteiger partial charge on any atom is 0.273 e. The zero-order valence-electron chi connectivity index (χ0n) is 19.1. The Kier molecular flexibility index (Phi) is 6.83. The van der Waals surface area contributed by atoms with Crippen molar-refractivity contribution in [1.82, 2.24) is 10.3 Å². The van der Waals surface area contributed by atoms with Gasteiger partial charge in [0, 0.05) is 24.1 Å². The fraction of sp³-hybridized carbons (Fsp3) is 0.500. The Bertz CT molecular complexity index is 939. The van der Waals surface area contributed by atoms with Crippen LogP contribution >= 0.6 is 0 Å². The smallest absolute Gasteiger partial charge is 0.273 e. The zero-order valence-corrected chi connectivity index (χ0v) is 19.1. The number of aromatic nitrogens is 1. The van der Waals surface area contributed by atoms with Crippen molar-refractivity contribution in [2.45, 2.75) is 72.3 Å². The van der Waals surface area contributed by atoms with Crippen LogP contribution in [0.5, 0.6) is 5.75 Å². The van der Waals surface area contributed by atoms with Gasteiger partial charge in [-0.2, -0.15) is 0 Å². The number of hydrogen-bond acceptors (Lipinski definition) is 4. The highest BCUT2D eigenvalue weighted by atomic mass is 16.3. The van der Waals surface area contributed by atoms with Gasteiger partial charge in [-0.25, -0.2) is 4.98 Å². The van der Waals surface area contributed by atoms with E-state index in [1.165, 1.54) is 11.8 Å². The molecule has 1 amide bonds. The molecule has 1 aromatic carbocycles. The summed E-state index contributed by atoms with van der Waals surface area (Å²) >= 11 is 0. The fourth-order valence-corrected chi connectivity index (χ4v) is 5.17. The molecule has 0 radical (unpaired) electrons. The Morgan fingerprint density at radius 1 is 1.13 bits per heavy atom. The lowest BCUT2D eigenvalue weighted by Crippen LogP contribution is -2.49. The molecule has 3 rings (SSSR count). The monoisotopic (exact) mass is 422 g/mol. The molecule has 2 atom stereocenters. The number of hydrogen-bond donors (Lipinski definition) is 2. The van der Waals surface area contributed by atoms with Crippen molar-refractivity contribution in [3.63, 3.8) is 0 Å². The molecule has 0 saturated heterocycles. The number of amides is 1. The van der Waals surface area contributed by atoms with Crippen LogP contribution in [0.4, 0.5) is 0 Å². The van der Waals surface area contributed by atoms with Crippen molar-refractivity contribution in [1.29, 1.82) is 0 Å². The third kappa shape index (κ3) is 5.72. The van der Waals surface area contributed by atoms with E-state index >= 15 is 0 Å². The van der Waals surface area contributed by atoms with Crippen molar-refractivity contribution in [2.24, 2.45) is 10.8 Å². The Morgan fingerprint density at radius 2 is 1.84 bits per heavy atom. The number of rotatable bonds is 7. The number of nitrogens with one attached hydrogen (secondary N) is 1. The van der Waals surface area contributed by atoms with Crippen LogP contribution in [0.15, 0.2) is 42.6 Å². The largest absolute Gasteiger partial charge is 0.505 e. The third-order valence-corrected chi connectivity index (χ3v) is 6.43. The zero-order chi connectivity index (χ0) is 22.6. The van der Waals surface area contributed by atoms with Crippen molar-refractivity contribution < 1.29 is 14.7 Å². The van der Waals surface area contributed by atoms with Gasteiger partial charge in [-0.1, -0.05) is 51.1 Å². The van der Waals surface area contributed by atoms with E-state index in [0.29, 0.717) is 18.4 Å². The predicted octanol–water partition coefficient (Wildman–Crippen LogP) is 5.00. The van der Waals surface area contributed by atoms with Gasteiger partial charge in [0.15, 0.2) is 5.69 Å². The van der Waals surface area contributed by atoms with Crippen molar-refractivity contribution in [3.05, 3.63) is 59.4 Å². The van der Waals surface area contributed by atoms with E-state index in [1.54, 1.807) is 13.0 Å². The minimum atomic E-state index is -0.474. The molecule has 31 heavy (non-hydrogen) atoms. The summed E-state index contributed by atoms with van der Waals surface area (Å²) in [5.74, 6) is -0.204. The van der Waals surface area contributed by atoms with Gasteiger partial charge in [0.25, 0.3) is 5.91 Å². The van der Waals surface area contributed by atoms with Crippen LogP contribution < -0.4 is 5.32 Å². The second-order valence-corrected chi connectivity index (χ2v) is 10.1. The van der Waals surface area contributed by atoms with Gasteiger partial charge >= 0.3 is 0 Å². The highest BCUT2D eigenvalue weighted by molar-refractivity contribution is 5.95. The highest BCUT2D eigenvalue weighted by Gasteiger charge is 2.45. The van der Waals surface area contributed by atoms with Crippen molar-refractivity contribution in [3.8, 4) is 5.75 Å². The number of Topliss-reactive ketones (excluding diaryl/α,β-unsaturated/α-hetero) is 1. The number of carbonyl (C=O) groups is 2. The molecule has 0 spiro atoms. The molecule has 1 aliphatic carbocycles. The SMILES string of the molecule is Cc1ccnc(C(=O)NC2CC(C)(C)CC(C)(C(=O)CCCc3ccccc3)C2)c1O. The Balaban J connectivity index is 1.66. The van der Waals surface area contributed by atoms with Gasteiger partial charge in [-0.3, -0.25) is 9.59 Å². The maximum atomic E-state index is 13.2. The normalized spacial score (nSPS) is 22.6. The Labute approximate surface area is 185 Å². The lowest BCUT2D eigenvalue weighted by atomic mass is 9.60. The lowest BCUT2D eigenvalue weighted by molar-refractivity contribution is -0.132. The lowest BCUT2D eigenvalue weighted by Gasteiger charge is -2.46. The Morgan fingerprint density at radius 3 is 2.55 bits per heavy atom. The van der Waals surface area contributed by atoms with Gasteiger partial charge in [0.05, 0.1) is 0 Å². The van der Waals surface area contributed by atoms with Crippen LogP contribution in [0.1, 0.15) is 74.5 Å². The number of aryl methyl sites for hydroxylation is 2. The van der Waals surface area contributed by atoms with Crippen LogP contribution in [0.3, 0.4) is 0 Å². The van der Waals surface area contributed by atoms with Crippen molar-refractivity contribution >= 4 is 11.7 Å². The molecule has 0 bridgehead atoms. The molecule has 1 aromatic heterocycles. The quantitative estimate of drug-likeness (QED) is 0.658. The number of nitrogens with zero attached hydrogens (tertiary/aromatic N) is 1. The number of pyridine rings is 1. The first-order chi connectivity index (χ1) is 14.6. The second-order valence-electron chi connectivity index (χ2n) is 10.1. The first kappa shape index (κ1) is 23.0. The molecule has 1 fully saturated rings. The molecule has 5 heteroatoms. The molecule has 2 N–H and O–H groups in total. The van der Waals surface area contributed by atoms with Gasteiger partial charge in [-0.05, 0) is 61.6 Å². The number of benzene rings is 1. The standard InChI is InChI=1S/C26H34N2O3/c1-18-13-14-27-22(23(18)30)24(31)28-20-15-25(2,3)17-26(4,16-20)21(29)12-8-11-19-9-6-5-7-10-19/h5-7,9-10,13-14,20,30H,8,11-12,15-17H2,1-4H3,(H,28,31). The van der Waals surface area contributed by atoms with Crippen LogP contribution in [0, 0.1) is 17.8 Å². The Hall–Kier alpha value is -2.69. The number of ketones is 1. The van der Waals surface area contributed by atoms with Crippen LogP contribution in [0.2, 0.25) is 0 Å². The third-order valence-electron chi connectivity index (χ3n) is 6.43. The second kappa shape index (κ2) is 9.21. The van der Waals surface area contributed by atoms with Gasteiger partial charge in [0.1, 0.15) is 11.5 Å². The topological polar surface area (TPSA) is 79.3 Å². The molecular formula is C26H34N2O3. The number of aromatic hydroxyl groups is 1. The average molecular weight is 423 g/mol. The van der Waals surface area contributed by atoms with Gasteiger partial charge in [-0.15, -0.1) is 0 Å². The van der Waals surface area contributed by atoms with E-state index in [-0.39, 0.29) is 34.6 Å². The van der Waals surface area contributed by atoms with Gasteiger partial charge in [0.2, 0.25) is 0 Å². The summed E-state index contributed by atoms with van der Waals surface area (Å²) < 4.78 is 0. The van der Waals surface area contributed by atoms with Crippen LogP contribution in [0.25, 0.3) is 0 Å². The minimum Gasteiger partial charge on any atom is -0.505 e. The van der Waals surface area contributed by atoms with Crippen molar-refractivity contribution in [2.75, 3.05) is 0 Å². The first-order valence-corrected chi connectivity index (χ1v) is 11.1. The summed E-state index contributed by atoms with van der Waals surface area (Å²) in [6.45, 7) is 8.09. The van der Waals surface area contributed by atoms with E-state index < -0.39 is 5.41 Å². The van der Waals surface area contributed by atoms with E-state index in [2.05, 4.69) is 36.3 Å². The summed E-state index contributed by atoms with van der Waals surface area (Å²) in [6.07, 6.45) is 6.00. The van der Waals surface area contributed by atoms with Gasteiger partial charge < -0.3 is 10.4 Å². The predicted molar refractivity (Wildman–Crippen MR) is 122 cm³/mol. The molecule has 166 valence electrons. The van der Waals surface area contributed by atoms with E-state index in [1.807, 2.05) is 25.1 Å². The summed E-state index contributed by atoms with van der Waals surface area (Å²) in [5.41, 5.74) is 1.36. The van der Waals surface area contributed by atoms with E-state index in [9.17, 15) is 14.7 Å². The summed E-state index contributed by atoms with van der Waals surface area (Å²) in [7, 11) is 0. The van der Waals surface area contributed by atoms with E-state index in [0.717, 1.165) is 25.7 Å². The first-order valence-electron chi connectivity index (χ1n) is 11.1. The van der Waals surface area contributed by atoms with Crippen LogP contribution in [-0.2, 0) is 11.2 Å².